The van der Waals surface area contributed by atoms with E-state index in [0.29, 0.717) is 6.61 Å². The molecule has 0 radical (unpaired) electrons. The smallest absolute Gasteiger partial charge is 0.141 e. The van der Waals surface area contributed by atoms with Crippen LogP contribution in [0.5, 0.6) is 0 Å². The van der Waals surface area contributed by atoms with Crippen molar-refractivity contribution in [1.29, 1.82) is 0 Å². The van der Waals surface area contributed by atoms with Crippen LogP contribution >= 0.6 is 0 Å². The van der Waals surface area contributed by atoms with E-state index in [1.807, 2.05) is 44.2 Å². The highest BCUT2D eigenvalue weighted by atomic mass is 19.1. The molecular formula is C17H21FN2O. The van der Waals surface area contributed by atoms with Crippen molar-refractivity contribution in [3.63, 3.8) is 0 Å². The van der Waals surface area contributed by atoms with Crippen molar-refractivity contribution in [2.75, 3.05) is 13.2 Å². The molecule has 21 heavy (non-hydrogen) atoms. The van der Waals surface area contributed by atoms with E-state index in [0.717, 1.165) is 17.7 Å². The molecule has 0 saturated carbocycles. The molecule has 0 spiro atoms. The van der Waals surface area contributed by atoms with Crippen LogP contribution in [-0.4, -0.2) is 18.1 Å². The van der Waals surface area contributed by atoms with Gasteiger partial charge in [-0.2, -0.15) is 0 Å². The summed E-state index contributed by atoms with van der Waals surface area (Å²) in [5.74, 6) is -0.335. The molecule has 3 nitrogen and oxygen atoms in total. The summed E-state index contributed by atoms with van der Waals surface area (Å²) >= 11 is 0. The van der Waals surface area contributed by atoms with Crippen LogP contribution in [-0.2, 0) is 4.74 Å². The Hall–Kier alpha value is -1.78. The Morgan fingerprint density at radius 3 is 2.52 bits per heavy atom. The third-order valence-corrected chi connectivity index (χ3v) is 3.29. The second-order valence-electron chi connectivity index (χ2n) is 4.76. The summed E-state index contributed by atoms with van der Waals surface area (Å²) in [6.45, 7) is 5.33. The first-order chi connectivity index (χ1) is 10.3. The van der Waals surface area contributed by atoms with Crippen molar-refractivity contribution in [1.82, 2.24) is 10.3 Å². The zero-order valence-corrected chi connectivity index (χ0v) is 12.4. The molecule has 0 fully saturated rings. The fourth-order valence-corrected chi connectivity index (χ4v) is 2.43. The molecule has 1 aromatic heterocycles. The number of hydrogen-bond donors (Lipinski definition) is 1. The van der Waals surface area contributed by atoms with Gasteiger partial charge in [-0.05, 0) is 30.7 Å². The average Bonchev–Trinajstić information content (AvgIpc) is 2.51. The second kappa shape index (κ2) is 7.86. The van der Waals surface area contributed by atoms with Gasteiger partial charge in [-0.25, -0.2) is 4.39 Å². The molecule has 1 aromatic carbocycles. The van der Waals surface area contributed by atoms with Gasteiger partial charge in [0.05, 0.1) is 12.2 Å². The van der Waals surface area contributed by atoms with Crippen LogP contribution in [0, 0.1) is 5.82 Å². The topological polar surface area (TPSA) is 34.2 Å². The first kappa shape index (κ1) is 15.6. The lowest BCUT2D eigenvalue weighted by atomic mass is 9.96. The first-order valence-corrected chi connectivity index (χ1v) is 7.26. The van der Waals surface area contributed by atoms with E-state index in [1.54, 1.807) is 6.20 Å². The lowest BCUT2D eigenvalue weighted by Gasteiger charge is -2.28. The molecule has 2 rings (SSSR count). The highest BCUT2D eigenvalue weighted by Gasteiger charge is 2.25. The molecule has 0 aliphatic heterocycles. The molecule has 0 saturated heterocycles. The number of pyridine rings is 1. The van der Waals surface area contributed by atoms with Crippen molar-refractivity contribution < 1.29 is 9.13 Å². The van der Waals surface area contributed by atoms with E-state index in [9.17, 15) is 4.39 Å². The second-order valence-corrected chi connectivity index (χ2v) is 4.76. The quantitative estimate of drug-likeness (QED) is 0.844. The Balaban J connectivity index is 2.37. The lowest BCUT2D eigenvalue weighted by Crippen LogP contribution is -2.29. The van der Waals surface area contributed by atoms with Crippen LogP contribution in [0.15, 0.2) is 48.8 Å². The van der Waals surface area contributed by atoms with Crippen molar-refractivity contribution in [2.45, 2.75) is 26.0 Å². The van der Waals surface area contributed by atoms with Gasteiger partial charge in [0, 0.05) is 12.8 Å². The number of aromatic nitrogens is 1. The Kier molecular flexibility index (Phi) is 5.84. The monoisotopic (exact) mass is 288 g/mol. The Morgan fingerprint density at radius 1 is 1.14 bits per heavy atom. The summed E-state index contributed by atoms with van der Waals surface area (Å²) in [6.07, 6.45) is 2.72. The van der Waals surface area contributed by atoms with E-state index in [4.69, 9.17) is 4.74 Å². The third kappa shape index (κ3) is 4.09. The van der Waals surface area contributed by atoms with Crippen LogP contribution < -0.4 is 5.32 Å². The van der Waals surface area contributed by atoms with E-state index in [2.05, 4.69) is 10.3 Å². The van der Waals surface area contributed by atoms with E-state index < -0.39 is 0 Å². The van der Waals surface area contributed by atoms with Crippen molar-refractivity contribution >= 4 is 0 Å². The molecule has 0 aliphatic carbocycles. The maximum Gasteiger partial charge on any atom is 0.141 e. The van der Waals surface area contributed by atoms with Gasteiger partial charge in [0.2, 0.25) is 0 Å². The SMILES string of the molecule is CCNC(c1cncc(F)c1)C(OCC)c1ccccc1. The summed E-state index contributed by atoms with van der Waals surface area (Å²) in [5.41, 5.74) is 1.86. The zero-order chi connectivity index (χ0) is 15.1. The van der Waals surface area contributed by atoms with E-state index >= 15 is 0 Å². The Bertz CT molecular complexity index is 547. The van der Waals surface area contributed by atoms with Gasteiger partial charge in [-0.3, -0.25) is 4.98 Å². The van der Waals surface area contributed by atoms with Crippen LogP contribution in [0.2, 0.25) is 0 Å². The number of likely N-dealkylation sites (N-methyl/N-ethyl adjacent to an activating group) is 1. The Labute approximate surface area is 125 Å². The highest BCUT2D eigenvalue weighted by Crippen LogP contribution is 2.32. The number of halogens is 1. The van der Waals surface area contributed by atoms with E-state index in [1.165, 1.54) is 12.3 Å². The minimum absolute atomic E-state index is 0.138. The van der Waals surface area contributed by atoms with Crippen molar-refractivity contribution in [3.8, 4) is 0 Å². The minimum Gasteiger partial charge on any atom is -0.372 e. The van der Waals surface area contributed by atoms with Gasteiger partial charge >= 0.3 is 0 Å². The number of nitrogens with one attached hydrogen (secondary N) is 1. The maximum atomic E-state index is 13.5. The van der Waals surface area contributed by atoms with E-state index in [-0.39, 0.29) is 18.0 Å². The van der Waals surface area contributed by atoms with Crippen LogP contribution in [0.25, 0.3) is 0 Å². The van der Waals surface area contributed by atoms with Crippen molar-refractivity contribution in [3.05, 3.63) is 65.7 Å². The third-order valence-electron chi connectivity index (χ3n) is 3.29. The number of hydrogen-bond acceptors (Lipinski definition) is 3. The van der Waals surface area contributed by atoms with Gasteiger partial charge in [-0.15, -0.1) is 0 Å². The van der Waals surface area contributed by atoms with Gasteiger partial charge in [-0.1, -0.05) is 37.3 Å². The summed E-state index contributed by atoms with van der Waals surface area (Å²) in [5, 5.41) is 3.38. The summed E-state index contributed by atoms with van der Waals surface area (Å²) < 4.78 is 19.4. The molecule has 2 atom stereocenters. The number of ether oxygens (including phenoxy) is 1. The van der Waals surface area contributed by atoms with Gasteiger partial charge in [0.25, 0.3) is 0 Å². The molecule has 1 N–H and O–H groups in total. The van der Waals surface area contributed by atoms with Crippen LogP contribution in [0.1, 0.15) is 37.1 Å². The molecule has 2 unspecified atom stereocenters. The predicted octanol–water partition coefficient (Wildman–Crippen LogP) is 3.65. The molecule has 2 aromatic rings. The van der Waals surface area contributed by atoms with Gasteiger partial charge in [0.15, 0.2) is 0 Å². The minimum atomic E-state index is -0.335. The molecule has 112 valence electrons. The molecule has 4 heteroatoms. The number of benzene rings is 1. The zero-order valence-electron chi connectivity index (χ0n) is 12.4. The van der Waals surface area contributed by atoms with Crippen molar-refractivity contribution in [2.24, 2.45) is 0 Å². The first-order valence-electron chi connectivity index (χ1n) is 7.26. The normalized spacial score (nSPS) is 13.9. The maximum absolute atomic E-state index is 13.5. The van der Waals surface area contributed by atoms with Crippen LogP contribution in [0.3, 0.4) is 0 Å². The summed E-state index contributed by atoms with van der Waals surface area (Å²) in [7, 11) is 0. The van der Waals surface area contributed by atoms with Gasteiger partial charge < -0.3 is 10.1 Å². The number of rotatable bonds is 7. The number of nitrogens with zero attached hydrogens (tertiary/aromatic N) is 1. The molecule has 1 heterocycles. The summed E-state index contributed by atoms with van der Waals surface area (Å²) in [4.78, 5) is 3.95. The Morgan fingerprint density at radius 2 is 1.90 bits per heavy atom. The highest BCUT2D eigenvalue weighted by molar-refractivity contribution is 5.25. The molecular weight excluding hydrogens is 267 g/mol. The molecule has 0 bridgehead atoms. The lowest BCUT2D eigenvalue weighted by molar-refractivity contribution is 0.0329. The predicted molar refractivity (Wildman–Crippen MR) is 81.4 cm³/mol. The summed E-state index contributed by atoms with van der Waals surface area (Å²) in [6, 6.07) is 11.4. The molecule has 0 amide bonds. The molecule has 0 aliphatic rings. The average molecular weight is 288 g/mol. The fraction of sp³-hybridized carbons (Fsp3) is 0.353. The van der Waals surface area contributed by atoms with Crippen LogP contribution in [0.4, 0.5) is 4.39 Å². The largest absolute Gasteiger partial charge is 0.372 e. The standard InChI is InChI=1S/C17H21FN2O/c1-3-20-16(14-10-15(18)12-19-11-14)17(21-4-2)13-8-6-5-7-9-13/h5-12,16-17,20H,3-4H2,1-2H3. The fourth-order valence-electron chi connectivity index (χ4n) is 2.43. The van der Waals surface area contributed by atoms with Gasteiger partial charge in [0.1, 0.15) is 11.9 Å².